The normalized spacial score (nSPS) is 14.3. The Morgan fingerprint density at radius 3 is 2.53 bits per heavy atom. The molecule has 170 valence electrons. The van der Waals surface area contributed by atoms with E-state index in [1.807, 2.05) is 42.0 Å². The number of ether oxygens (including phenoxy) is 1. The first-order chi connectivity index (χ1) is 15.4. The predicted molar refractivity (Wildman–Crippen MR) is 126 cm³/mol. The summed E-state index contributed by atoms with van der Waals surface area (Å²) in [5, 5.41) is 0. The predicted octanol–water partition coefficient (Wildman–Crippen LogP) is 3.82. The summed E-state index contributed by atoms with van der Waals surface area (Å²) >= 11 is 0. The van der Waals surface area contributed by atoms with Crippen LogP contribution in [0.5, 0.6) is 5.75 Å². The molecular weight excluding hydrogens is 407 g/mol. The van der Waals surface area contributed by atoms with Crippen LogP contribution in [0, 0.1) is 5.82 Å². The molecular formula is C25H31FN4O2. The first-order valence-electron chi connectivity index (χ1n) is 10.8. The summed E-state index contributed by atoms with van der Waals surface area (Å²) in [5.74, 6) is 1.46. The van der Waals surface area contributed by atoms with Crippen LogP contribution in [-0.4, -0.2) is 67.6 Å². The molecule has 3 rings (SSSR count). The van der Waals surface area contributed by atoms with E-state index in [2.05, 4.69) is 16.5 Å². The van der Waals surface area contributed by atoms with E-state index in [4.69, 9.17) is 4.74 Å². The second-order valence-electron chi connectivity index (χ2n) is 7.80. The van der Waals surface area contributed by atoms with Crippen LogP contribution in [-0.2, 0) is 4.79 Å². The van der Waals surface area contributed by atoms with Crippen LogP contribution in [0.25, 0.3) is 5.57 Å². The minimum Gasteiger partial charge on any atom is -0.497 e. The summed E-state index contributed by atoms with van der Waals surface area (Å²) in [6, 6.07) is 10.0. The Kier molecular flexibility index (Phi) is 7.87. The van der Waals surface area contributed by atoms with E-state index in [9.17, 15) is 9.18 Å². The molecule has 1 aromatic heterocycles. The molecule has 0 atom stereocenters. The Bertz CT molecular complexity index is 966. The van der Waals surface area contributed by atoms with Crippen LogP contribution >= 0.6 is 0 Å². The van der Waals surface area contributed by atoms with Gasteiger partial charge in [0.2, 0.25) is 5.91 Å². The number of aromatic nitrogens is 1. The van der Waals surface area contributed by atoms with Gasteiger partial charge in [0.25, 0.3) is 0 Å². The molecule has 0 unspecified atom stereocenters. The number of halogens is 1. The lowest BCUT2D eigenvalue weighted by Crippen LogP contribution is -2.51. The van der Waals surface area contributed by atoms with Gasteiger partial charge in [0.15, 0.2) is 0 Å². The highest BCUT2D eigenvalue weighted by atomic mass is 19.1. The first kappa shape index (κ1) is 23.3. The SMILES string of the molecule is C=C(/C=C(/CC)N(C)CC(=O)N1CCN(c2cc(OC)ccn2)CC1)c1ccc(F)cc1. The molecule has 1 amide bonds. The van der Waals surface area contributed by atoms with Gasteiger partial charge in [-0.15, -0.1) is 0 Å². The zero-order valence-corrected chi connectivity index (χ0v) is 19.1. The molecule has 1 fully saturated rings. The summed E-state index contributed by atoms with van der Waals surface area (Å²) in [7, 11) is 3.56. The number of piperazine rings is 1. The average Bonchev–Trinajstić information content (AvgIpc) is 2.82. The molecule has 1 aliphatic rings. The van der Waals surface area contributed by atoms with Crippen molar-refractivity contribution in [2.24, 2.45) is 0 Å². The molecule has 0 saturated carbocycles. The van der Waals surface area contributed by atoms with Crippen molar-refractivity contribution < 1.29 is 13.9 Å². The second-order valence-corrected chi connectivity index (χ2v) is 7.80. The van der Waals surface area contributed by atoms with Crippen molar-refractivity contribution in [2.75, 3.05) is 51.8 Å². The number of anilines is 1. The number of hydrogen-bond donors (Lipinski definition) is 0. The number of likely N-dealkylation sites (N-methyl/N-ethyl adjacent to an activating group) is 1. The molecule has 0 aliphatic carbocycles. The molecule has 6 nitrogen and oxygen atoms in total. The summed E-state index contributed by atoms with van der Waals surface area (Å²) in [6.07, 6.45) is 4.46. The molecule has 32 heavy (non-hydrogen) atoms. The number of nitrogens with zero attached hydrogens (tertiary/aromatic N) is 4. The second kappa shape index (κ2) is 10.8. The molecule has 0 radical (unpaired) electrons. The van der Waals surface area contributed by atoms with Crippen LogP contribution in [0.3, 0.4) is 0 Å². The fourth-order valence-corrected chi connectivity index (χ4v) is 3.72. The summed E-state index contributed by atoms with van der Waals surface area (Å²) in [5.41, 5.74) is 2.66. The van der Waals surface area contributed by atoms with Crippen molar-refractivity contribution in [2.45, 2.75) is 13.3 Å². The maximum Gasteiger partial charge on any atom is 0.242 e. The lowest BCUT2D eigenvalue weighted by molar-refractivity contribution is -0.132. The molecule has 0 N–H and O–H groups in total. The zero-order valence-electron chi connectivity index (χ0n) is 19.1. The van der Waals surface area contributed by atoms with Crippen LogP contribution in [0.15, 0.2) is 60.9 Å². The topological polar surface area (TPSA) is 48.9 Å². The first-order valence-corrected chi connectivity index (χ1v) is 10.8. The Balaban J connectivity index is 1.56. The number of carbonyl (C=O) groups is 1. The molecule has 2 heterocycles. The Morgan fingerprint density at radius 1 is 1.22 bits per heavy atom. The van der Waals surface area contributed by atoms with Gasteiger partial charge in [-0.2, -0.15) is 0 Å². The number of hydrogen-bond acceptors (Lipinski definition) is 5. The van der Waals surface area contributed by atoms with Crippen LogP contribution < -0.4 is 9.64 Å². The average molecular weight is 439 g/mol. The summed E-state index contributed by atoms with van der Waals surface area (Å²) in [4.78, 5) is 23.4. The number of pyridine rings is 1. The van der Waals surface area contributed by atoms with Crippen LogP contribution in [0.4, 0.5) is 10.2 Å². The fourth-order valence-electron chi connectivity index (χ4n) is 3.72. The highest BCUT2D eigenvalue weighted by molar-refractivity contribution is 5.79. The molecule has 1 saturated heterocycles. The summed E-state index contributed by atoms with van der Waals surface area (Å²) < 4.78 is 18.5. The van der Waals surface area contributed by atoms with Gasteiger partial charge < -0.3 is 19.4 Å². The van der Waals surface area contributed by atoms with Crippen LogP contribution in [0.1, 0.15) is 18.9 Å². The number of allylic oxidation sites excluding steroid dienone is 3. The highest BCUT2D eigenvalue weighted by Crippen LogP contribution is 2.21. The van der Waals surface area contributed by atoms with Crippen molar-refractivity contribution in [3.05, 3.63) is 72.3 Å². The maximum atomic E-state index is 13.2. The van der Waals surface area contributed by atoms with Gasteiger partial charge in [-0.25, -0.2) is 9.37 Å². The number of amides is 1. The highest BCUT2D eigenvalue weighted by Gasteiger charge is 2.23. The number of benzene rings is 1. The smallest absolute Gasteiger partial charge is 0.242 e. The third kappa shape index (κ3) is 5.87. The van der Waals surface area contributed by atoms with E-state index in [0.29, 0.717) is 19.6 Å². The van der Waals surface area contributed by atoms with E-state index in [-0.39, 0.29) is 11.7 Å². The monoisotopic (exact) mass is 438 g/mol. The lowest BCUT2D eigenvalue weighted by atomic mass is 10.1. The molecule has 1 aliphatic heterocycles. The fraction of sp³-hybridized carbons (Fsp3) is 0.360. The van der Waals surface area contributed by atoms with Crippen LogP contribution in [0.2, 0.25) is 0 Å². The van der Waals surface area contributed by atoms with Crippen molar-refractivity contribution in [1.82, 2.24) is 14.8 Å². The summed E-state index contributed by atoms with van der Waals surface area (Å²) in [6.45, 7) is 9.21. The standard InChI is InChI=1S/C25H31FN4O2/c1-5-22(16-19(2)20-6-8-21(26)9-7-20)28(3)18-25(31)30-14-12-29(13-15-30)24-17-23(32-4)10-11-27-24/h6-11,16-17H,2,5,12-15,18H2,1,3-4H3/b22-16-. The molecule has 2 aromatic rings. The van der Waals surface area contributed by atoms with Gasteiger partial charge in [-0.1, -0.05) is 25.6 Å². The van der Waals surface area contributed by atoms with E-state index in [1.165, 1.54) is 12.1 Å². The van der Waals surface area contributed by atoms with E-state index in [1.54, 1.807) is 25.4 Å². The lowest BCUT2D eigenvalue weighted by Gasteiger charge is -2.36. The van der Waals surface area contributed by atoms with Crippen molar-refractivity contribution >= 4 is 17.3 Å². The van der Waals surface area contributed by atoms with E-state index < -0.39 is 0 Å². The number of methoxy groups -OCH3 is 1. The zero-order chi connectivity index (χ0) is 23.1. The van der Waals surface area contributed by atoms with E-state index >= 15 is 0 Å². The maximum absolute atomic E-state index is 13.2. The Morgan fingerprint density at radius 2 is 1.91 bits per heavy atom. The number of carbonyl (C=O) groups excluding carboxylic acids is 1. The molecule has 0 spiro atoms. The van der Waals surface area contributed by atoms with Gasteiger partial charge in [-0.3, -0.25) is 4.79 Å². The third-order valence-electron chi connectivity index (χ3n) is 5.69. The van der Waals surface area contributed by atoms with Gasteiger partial charge in [0.1, 0.15) is 17.4 Å². The van der Waals surface area contributed by atoms with E-state index in [0.717, 1.165) is 47.9 Å². The van der Waals surface area contributed by atoms with Crippen molar-refractivity contribution in [3.8, 4) is 5.75 Å². The van der Waals surface area contributed by atoms with Gasteiger partial charge >= 0.3 is 0 Å². The quantitative estimate of drug-likeness (QED) is 0.587. The minimum atomic E-state index is -0.272. The van der Waals surface area contributed by atoms with Crippen molar-refractivity contribution in [1.29, 1.82) is 0 Å². The molecule has 7 heteroatoms. The van der Waals surface area contributed by atoms with Gasteiger partial charge in [-0.05, 0) is 41.8 Å². The molecule has 0 bridgehead atoms. The van der Waals surface area contributed by atoms with Crippen molar-refractivity contribution in [3.63, 3.8) is 0 Å². The third-order valence-corrected chi connectivity index (χ3v) is 5.69. The largest absolute Gasteiger partial charge is 0.497 e. The minimum absolute atomic E-state index is 0.0949. The molecule has 1 aromatic carbocycles. The van der Waals surface area contributed by atoms with Gasteiger partial charge in [0.05, 0.1) is 13.7 Å². The number of rotatable bonds is 8. The Hall–Kier alpha value is -3.35. The van der Waals surface area contributed by atoms with Gasteiger partial charge in [0, 0.05) is 51.2 Å². The Labute approximate surface area is 189 Å².